The van der Waals surface area contributed by atoms with E-state index in [0.29, 0.717) is 25.1 Å². The van der Waals surface area contributed by atoms with Gasteiger partial charge in [-0.15, -0.1) is 0 Å². The molecule has 20 heavy (non-hydrogen) atoms. The number of aromatic amines is 1. The van der Waals surface area contributed by atoms with E-state index in [1.54, 1.807) is 4.90 Å². The Bertz CT molecular complexity index is 688. The van der Waals surface area contributed by atoms with Crippen molar-refractivity contribution in [3.05, 3.63) is 45.7 Å². The molecule has 0 atom stereocenters. The summed E-state index contributed by atoms with van der Waals surface area (Å²) in [5.74, 6) is 0.0660. The zero-order valence-electron chi connectivity index (χ0n) is 12.2. The minimum absolute atomic E-state index is 0.0660. The summed E-state index contributed by atoms with van der Waals surface area (Å²) in [6.45, 7) is 6.70. The molecule has 0 aliphatic heterocycles. The molecular weight excluding hydrogens is 252 g/mol. The van der Waals surface area contributed by atoms with Gasteiger partial charge in [-0.2, -0.15) is 0 Å². The van der Waals surface area contributed by atoms with Crippen molar-refractivity contribution in [3.63, 3.8) is 0 Å². The lowest BCUT2D eigenvalue weighted by Gasteiger charge is -2.20. The lowest BCUT2D eigenvalue weighted by atomic mass is 10.1. The van der Waals surface area contributed by atoms with E-state index in [1.807, 2.05) is 45.0 Å². The van der Waals surface area contributed by atoms with Crippen LogP contribution in [-0.2, 0) is 11.3 Å². The van der Waals surface area contributed by atoms with Crippen LogP contribution in [0.25, 0.3) is 10.9 Å². The van der Waals surface area contributed by atoms with Gasteiger partial charge in [0.05, 0.1) is 12.1 Å². The van der Waals surface area contributed by atoms with E-state index in [0.717, 1.165) is 16.5 Å². The molecule has 1 aromatic carbocycles. The van der Waals surface area contributed by atoms with E-state index >= 15 is 0 Å². The fourth-order valence-corrected chi connectivity index (χ4v) is 2.35. The molecule has 0 unspecified atom stereocenters. The number of nitrogens with zero attached hydrogens (tertiary/aromatic N) is 1. The molecule has 0 aliphatic carbocycles. The number of nitrogens with one attached hydrogen (secondary N) is 1. The Morgan fingerprint density at radius 3 is 2.70 bits per heavy atom. The van der Waals surface area contributed by atoms with Crippen LogP contribution in [0.4, 0.5) is 0 Å². The maximum Gasteiger partial charge on any atom is 0.253 e. The smallest absolute Gasteiger partial charge is 0.253 e. The number of H-pyrrole nitrogens is 1. The first kappa shape index (κ1) is 14.3. The first-order chi connectivity index (χ1) is 9.56. The highest BCUT2D eigenvalue weighted by atomic mass is 16.2. The zero-order chi connectivity index (χ0) is 14.7. The van der Waals surface area contributed by atoms with Gasteiger partial charge in [0.15, 0.2) is 0 Å². The van der Waals surface area contributed by atoms with Crippen LogP contribution in [0.2, 0.25) is 0 Å². The normalized spacial score (nSPS) is 10.8. The number of benzene rings is 1. The average molecular weight is 272 g/mol. The lowest BCUT2D eigenvalue weighted by Crippen LogP contribution is -2.32. The van der Waals surface area contributed by atoms with Crippen LogP contribution in [0.15, 0.2) is 29.1 Å². The molecular formula is C16H20N2O2. The monoisotopic (exact) mass is 272 g/mol. The van der Waals surface area contributed by atoms with Crippen LogP contribution in [0, 0.1) is 6.92 Å². The zero-order valence-corrected chi connectivity index (χ0v) is 12.2. The third-order valence-electron chi connectivity index (χ3n) is 3.56. The Balaban J connectivity index is 2.42. The molecule has 4 nitrogen and oxygen atoms in total. The van der Waals surface area contributed by atoms with E-state index in [9.17, 15) is 9.59 Å². The predicted molar refractivity (Wildman–Crippen MR) is 80.7 cm³/mol. The van der Waals surface area contributed by atoms with Gasteiger partial charge in [-0.05, 0) is 30.9 Å². The number of aryl methyl sites for hydroxylation is 1. The van der Waals surface area contributed by atoms with Crippen molar-refractivity contribution in [3.8, 4) is 0 Å². The summed E-state index contributed by atoms with van der Waals surface area (Å²) in [4.78, 5) is 28.6. The quantitative estimate of drug-likeness (QED) is 0.930. The molecule has 0 fully saturated rings. The fraction of sp³-hybridized carbons (Fsp3) is 0.375. The third kappa shape index (κ3) is 2.74. The summed E-state index contributed by atoms with van der Waals surface area (Å²) >= 11 is 0. The number of pyridine rings is 1. The summed E-state index contributed by atoms with van der Waals surface area (Å²) < 4.78 is 0. The lowest BCUT2D eigenvalue weighted by molar-refractivity contribution is -0.131. The maximum absolute atomic E-state index is 12.2. The molecule has 1 amide bonds. The topological polar surface area (TPSA) is 53.2 Å². The second kappa shape index (κ2) is 5.90. The van der Waals surface area contributed by atoms with Crippen molar-refractivity contribution in [2.45, 2.75) is 33.7 Å². The van der Waals surface area contributed by atoms with Crippen molar-refractivity contribution in [1.29, 1.82) is 0 Å². The summed E-state index contributed by atoms with van der Waals surface area (Å²) in [5.41, 5.74) is 2.43. The van der Waals surface area contributed by atoms with Crippen LogP contribution in [0.1, 0.15) is 31.4 Å². The molecule has 0 bridgehead atoms. The highest BCUT2D eigenvalue weighted by Crippen LogP contribution is 2.15. The van der Waals surface area contributed by atoms with Gasteiger partial charge in [0.25, 0.3) is 5.56 Å². The molecule has 0 saturated carbocycles. The van der Waals surface area contributed by atoms with Crippen molar-refractivity contribution < 1.29 is 4.79 Å². The molecule has 4 heteroatoms. The van der Waals surface area contributed by atoms with Gasteiger partial charge in [0.1, 0.15) is 0 Å². The molecule has 1 heterocycles. The second-order valence-electron chi connectivity index (χ2n) is 4.92. The van der Waals surface area contributed by atoms with E-state index < -0.39 is 0 Å². The number of amides is 1. The number of carbonyl (C=O) groups is 1. The summed E-state index contributed by atoms with van der Waals surface area (Å²) in [5, 5.41) is 1.000. The molecule has 2 rings (SSSR count). The SMILES string of the molecule is CCC(=O)N(CC)Cc1cc2cccc(C)c2[nH]c1=O. The van der Waals surface area contributed by atoms with Gasteiger partial charge in [-0.1, -0.05) is 25.1 Å². The average Bonchev–Trinajstić information content (AvgIpc) is 2.45. The van der Waals surface area contributed by atoms with Gasteiger partial charge >= 0.3 is 0 Å². The first-order valence-corrected chi connectivity index (χ1v) is 6.96. The number of aromatic nitrogens is 1. The van der Waals surface area contributed by atoms with Crippen molar-refractivity contribution in [2.24, 2.45) is 0 Å². The Labute approximate surface area is 118 Å². The molecule has 0 aliphatic rings. The highest BCUT2D eigenvalue weighted by molar-refractivity contribution is 5.82. The van der Waals surface area contributed by atoms with Crippen LogP contribution >= 0.6 is 0 Å². The Kier molecular flexibility index (Phi) is 4.23. The van der Waals surface area contributed by atoms with E-state index in [1.165, 1.54) is 0 Å². The van der Waals surface area contributed by atoms with E-state index in [-0.39, 0.29) is 11.5 Å². The van der Waals surface area contributed by atoms with E-state index in [4.69, 9.17) is 0 Å². The van der Waals surface area contributed by atoms with Gasteiger partial charge in [-0.25, -0.2) is 0 Å². The Morgan fingerprint density at radius 2 is 2.05 bits per heavy atom. The van der Waals surface area contributed by atoms with Crippen LogP contribution < -0.4 is 5.56 Å². The minimum Gasteiger partial charge on any atom is -0.338 e. The van der Waals surface area contributed by atoms with Crippen molar-refractivity contribution in [2.75, 3.05) is 6.54 Å². The maximum atomic E-state index is 12.2. The molecule has 0 saturated heterocycles. The predicted octanol–water partition coefficient (Wildman–Crippen LogP) is 2.60. The van der Waals surface area contributed by atoms with Gasteiger partial charge < -0.3 is 9.88 Å². The molecule has 106 valence electrons. The molecule has 1 N–H and O–H groups in total. The van der Waals surface area contributed by atoms with E-state index in [2.05, 4.69) is 4.98 Å². The van der Waals surface area contributed by atoms with Crippen LogP contribution in [-0.4, -0.2) is 22.3 Å². The molecule has 0 radical (unpaired) electrons. The van der Waals surface area contributed by atoms with Crippen molar-refractivity contribution >= 4 is 16.8 Å². The number of hydrogen-bond donors (Lipinski definition) is 1. The second-order valence-corrected chi connectivity index (χ2v) is 4.92. The number of fused-ring (bicyclic) bond motifs is 1. The van der Waals surface area contributed by atoms with Gasteiger partial charge in [0, 0.05) is 18.5 Å². The summed E-state index contributed by atoms with van der Waals surface area (Å²) in [6, 6.07) is 7.79. The molecule has 1 aromatic heterocycles. The highest BCUT2D eigenvalue weighted by Gasteiger charge is 2.12. The van der Waals surface area contributed by atoms with Crippen LogP contribution in [0.3, 0.4) is 0 Å². The first-order valence-electron chi connectivity index (χ1n) is 6.96. The fourth-order valence-electron chi connectivity index (χ4n) is 2.35. The van der Waals surface area contributed by atoms with Crippen molar-refractivity contribution in [1.82, 2.24) is 9.88 Å². The van der Waals surface area contributed by atoms with Gasteiger partial charge in [-0.3, -0.25) is 9.59 Å². The number of hydrogen-bond acceptors (Lipinski definition) is 2. The summed E-state index contributed by atoms with van der Waals surface area (Å²) in [7, 11) is 0. The number of rotatable bonds is 4. The molecule has 0 spiro atoms. The summed E-state index contributed by atoms with van der Waals surface area (Å²) in [6.07, 6.45) is 0.457. The third-order valence-corrected chi connectivity index (χ3v) is 3.56. The number of carbonyl (C=O) groups excluding carboxylic acids is 1. The minimum atomic E-state index is -0.117. The number of para-hydroxylation sites is 1. The molecule has 2 aromatic rings. The van der Waals surface area contributed by atoms with Gasteiger partial charge in [0.2, 0.25) is 5.91 Å². The largest absolute Gasteiger partial charge is 0.338 e. The Hall–Kier alpha value is -2.10. The van der Waals surface area contributed by atoms with Crippen LogP contribution in [0.5, 0.6) is 0 Å². The Morgan fingerprint density at radius 1 is 1.30 bits per heavy atom. The standard InChI is InChI=1S/C16H20N2O2/c1-4-14(19)18(5-2)10-13-9-12-8-6-7-11(3)15(12)17-16(13)20/h6-9H,4-5,10H2,1-3H3,(H,17,20).